The van der Waals surface area contributed by atoms with Crippen LogP contribution in [0.25, 0.3) is 11.4 Å². The average Bonchev–Trinajstić information content (AvgIpc) is 3.20. The van der Waals surface area contributed by atoms with E-state index >= 15 is 0 Å². The topological polar surface area (TPSA) is 86.5 Å². The number of carbonyl (C=O) groups is 1. The molecule has 1 amide bonds. The second-order valence-corrected chi connectivity index (χ2v) is 6.29. The lowest BCUT2D eigenvalue weighted by Gasteiger charge is -2.17. The van der Waals surface area contributed by atoms with Crippen LogP contribution in [-0.2, 0) is 11.3 Å². The number of nitrogens with zero attached hydrogens (tertiary/aromatic N) is 2. The second-order valence-electron chi connectivity index (χ2n) is 6.29. The summed E-state index contributed by atoms with van der Waals surface area (Å²) in [6, 6.07) is 15.0. The third-order valence-corrected chi connectivity index (χ3v) is 4.17. The Morgan fingerprint density at radius 2 is 1.93 bits per heavy atom. The van der Waals surface area contributed by atoms with Gasteiger partial charge in [-0.3, -0.25) is 4.79 Å². The quantitative estimate of drug-likeness (QED) is 0.642. The predicted octanol–water partition coefficient (Wildman–Crippen LogP) is 3.53. The number of rotatable bonds is 8. The number of hydrogen-bond donors (Lipinski definition) is 1. The van der Waals surface area contributed by atoms with Gasteiger partial charge in [-0.25, -0.2) is 0 Å². The van der Waals surface area contributed by atoms with E-state index in [1.165, 1.54) is 0 Å². The molecule has 7 heteroatoms. The summed E-state index contributed by atoms with van der Waals surface area (Å²) in [5.74, 6) is 1.81. The van der Waals surface area contributed by atoms with Gasteiger partial charge in [0.25, 0.3) is 5.91 Å². The Labute approximate surface area is 163 Å². The van der Waals surface area contributed by atoms with Crippen LogP contribution < -0.4 is 14.8 Å². The van der Waals surface area contributed by atoms with Crippen molar-refractivity contribution in [2.45, 2.75) is 32.9 Å². The van der Waals surface area contributed by atoms with Crippen molar-refractivity contribution in [2.24, 2.45) is 0 Å². The minimum Gasteiger partial charge on any atom is -0.497 e. The number of aryl methyl sites for hydroxylation is 1. The number of methoxy groups -OCH3 is 1. The van der Waals surface area contributed by atoms with E-state index in [1.807, 2.05) is 50.2 Å². The lowest BCUT2D eigenvalue weighted by atomic mass is 10.1. The molecule has 0 bridgehead atoms. The molecule has 3 aromatic rings. The van der Waals surface area contributed by atoms with Crippen LogP contribution in [0.5, 0.6) is 11.5 Å². The minimum atomic E-state index is -0.633. The van der Waals surface area contributed by atoms with Gasteiger partial charge in [-0.05, 0) is 25.5 Å². The number of nitrogens with one attached hydrogen (secondary N) is 1. The fourth-order valence-corrected chi connectivity index (χ4v) is 2.58. The van der Waals surface area contributed by atoms with Crippen molar-refractivity contribution >= 4 is 5.91 Å². The number of amides is 1. The molecule has 0 fully saturated rings. The van der Waals surface area contributed by atoms with Crippen molar-refractivity contribution in [3.63, 3.8) is 0 Å². The molecule has 28 heavy (non-hydrogen) atoms. The van der Waals surface area contributed by atoms with Crippen molar-refractivity contribution in [3.05, 3.63) is 60.0 Å². The predicted molar refractivity (Wildman–Crippen MR) is 104 cm³/mol. The fourth-order valence-electron chi connectivity index (χ4n) is 2.58. The molecule has 2 aromatic carbocycles. The number of ether oxygens (including phenoxy) is 2. The first kappa shape index (κ1) is 19.4. The maximum Gasteiger partial charge on any atom is 0.261 e. The van der Waals surface area contributed by atoms with Crippen molar-refractivity contribution in [3.8, 4) is 22.9 Å². The van der Waals surface area contributed by atoms with E-state index in [0.29, 0.717) is 29.6 Å². The molecule has 0 saturated heterocycles. The Kier molecular flexibility index (Phi) is 6.26. The summed E-state index contributed by atoms with van der Waals surface area (Å²) in [5.41, 5.74) is 2.01. The zero-order valence-electron chi connectivity index (χ0n) is 16.1. The number of benzene rings is 2. The van der Waals surface area contributed by atoms with E-state index in [-0.39, 0.29) is 12.5 Å². The van der Waals surface area contributed by atoms with E-state index in [4.69, 9.17) is 14.0 Å². The van der Waals surface area contributed by atoms with Crippen LogP contribution in [0.2, 0.25) is 0 Å². The first-order chi connectivity index (χ1) is 13.6. The Morgan fingerprint density at radius 1 is 1.18 bits per heavy atom. The van der Waals surface area contributed by atoms with Gasteiger partial charge < -0.3 is 19.3 Å². The van der Waals surface area contributed by atoms with Gasteiger partial charge in [0, 0.05) is 11.6 Å². The molecule has 0 saturated carbocycles. The van der Waals surface area contributed by atoms with Crippen LogP contribution in [0.1, 0.15) is 24.8 Å². The first-order valence-corrected chi connectivity index (χ1v) is 9.07. The molecule has 0 aliphatic carbocycles. The number of carbonyl (C=O) groups excluding carboxylic acids is 1. The smallest absolute Gasteiger partial charge is 0.261 e. The SMILES string of the molecule is CC[C@@H](Oc1cccc(OC)c1)C(=O)NCc1nc(-c2ccc(C)cc2)no1. The number of hydrogen-bond acceptors (Lipinski definition) is 6. The van der Waals surface area contributed by atoms with E-state index in [9.17, 15) is 4.79 Å². The molecule has 146 valence electrons. The molecule has 7 nitrogen and oxygen atoms in total. The van der Waals surface area contributed by atoms with Gasteiger partial charge in [-0.15, -0.1) is 0 Å². The lowest BCUT2D eigenvalue weighted by molar-refractivity contribution is -0.128. The van der Waals surface area contributed by atoms with E-state index in [2.05, 4.69) is 15.5 Å². The Bertz CT molecular complexity index is 921. The zero-order chi connectivity index (χ0) is 19.9. The van der Waals surface area contributed by atoms with Crippen molar-refractivity contribution in [1.29, 1.82) is 0 Å². The largest absolute Gasteiger partial charge is 0.497 e. The van der Waals surface area contributed by atoms with Gasteiger partial charge in [-0.2, -0.15) is 4.98 Å². The van der Waals surface area contributed by atoms with Gasteiger partial charge in [-0.1, -0.05) is 48.0 Å². The van der Waals surface area contributed by atoms with Crippen LogP contribution in [0.15, 0.2) is 53.1 Å². The first-order valence-electron chi connectivity index (χ1n) is 9.07. The minimum absolute atomic E-state index is 0.135. The normalized spacial score (nSPS) is 11.7. The molecule has 0 unspecified atom stereocenters. The zero-order valence-corrected chi connectivity index (χ0v) is 16.1. The van der Waals surface area contributed by atoms with Crippen LogP contribution in [-0.4, -0.2) is 29.3 Å². The van der Waals surface area contributed by atoms with E-state index in [1.54, 1.807) is 19.2 Å². The van der Waals surface area contributed by atoms with Gasteiger partial charge >= 0.3 is 0 Å². The highest BCUT2D eigenvalue weighted by molar-refractivity contribution is 5.81. The van der Waals surface area contributed by atoms with Gasteiger partial charge in [0.05, 0.1) is 13.7 Å². The van der Waals surface area contributed by atoms with Crippen molar-refractivity contribution in [1.82, 2.24) is 15.5 Å². The molecule has 3 rings (SSSR count). The monoisotopic (exact) mass is 381 g/mol. The summed E-state index contributed by atoms with van der Waals surface area (Å²) in [7, 11) is 1.58. The number of aromatic nitrogens is 2. The molecule has 0 radical (unpaired) electrons. The third-order valence-electron chi connectivity index (χ3n) is 4.17. The molecule has 1 atom stereocenters. The summed E-state index contributed by atoms with van der Waals surface area (Å²) in [6.45, 7) is 4.03. The maximum atomic E-state index is 12.5. The van der Waals surface area contributed by atoms with Crippen molar-refractivity contribution in [2.75, 3.05) is 7.11 Å². The molecular formula is C21H23N3O4. The van der Waals surface area contributed by atoms with Gasteiger partial charge in [0.2, 0.25) is 11.7 Å². The summed E-state index contributed by atoms with van der Waals surface area (Å²) < 4.78 is 16.2. The molecule has 0 aliphatic heterocycles. The molecular weight excluding hydrogens is 358 g/mol. The average molecular weight is 381 g/mol. The van der Waals surface area contributed by atoms with E-state index in [0.717, 1.165) is 11.1 Å². The molecule has 1 N–H and O–H groups in total. The summed E-state index contributed by atoms with van der Waals surface area (Å²) in [6.07, 6.45) is -0.117. The van der Waals surface area contributed by atoms with Crippen LogP contribution in [0.4, 0.5) is 0 Å². The summed E-state index contributed by atoms with van der Waals surface area (Å²) >= 11 is 0. The lowest BCUT2D eigenvalue weighted by Crippen LogP contribution is -2.37. The van der Waals surface area contributed by atoms with Crippen molar-refractivity contribution < 1.29 is 18.8 Å². The van der Waals surface area contributed by atoms with Crippen LogP contribution in [0, 0.1) is 6.92 Å². The summed E-state index contributed by atoms with van der Waals surface area (Å²) in [4.78, 5) is 16.8. The second kappa shape index (κ2) is 9.03. The summed E-state index contributed by atoms with van der Waals surface area (Å²) in [5, 5.41) is 6.74. The van der Waals surface area contributed by atoms with Crippen LogP contribution in [0.3, 0.4) is 0 Å². The standard InChI is InChI=1S/C21H23N3O4/c1-4-18(27-17-7-5-6-16(12-17)26-3)21(25)22-13-19-23-20(24-28-19)15-10-8-14(2)9-11-15/h5-12,18H,4,13H2,1-3H3,(H,22,25)/t18-/m1/s1. The molecule has 1 heterocycles. The third kappa shape index (κ3) is 4.88. The Hall–Kier alpha value is -3.35. The van der Waals surface area contributed by atoms with Crippen LogP contribution >= 0.6 is 0 Å². The molecule has 0 aliphatic rings. The van der Waals surface area contributed by atoms with Gasteiger partial charge in [0.15, 0.2) is 6.10 Å². The fraction of sp³-hybridized carbons (Fsp3) is 0.286. The van der Waals surface area contributed by atoms with E-state index < -0.39 is 6.10 Å². The highest BCUT2D eigenvalue weighted by Crippen LogP contribution is 2.21. The molecule has 1 aromatic heterocycles. The van der Waals surface area contributed by atoms with Gasteiger partial charge in [0.1, 0.15) is 11.5 Å². The highest BCUT2D eigenvalue weighted by atomic mass is 16.5. The molecule has 0 spiro atoms. The Morgan fingerprint density at radius 3 is 2.64 bits per heavy atom. The maximum absolute atomic E-state index is 12.5. The highest BCUT2D eigenvalue weighted by Gasteiger charge is 2.19. The Balaban J connectivity index is 1.58.